The largest absolute Gasteiger partial charge is 0.367 e. The van der Waals surface area contributed by atoms with Gasteiger partial charge in [-0.25, -0.2) is 0 Å². The third-order valence-corrected chi connectivity index (χ3v) is 5.43. The van der Waals surface area contributed by atoms with Gasteiger partial charge in [0.25, 0.3) is 11.6 Å². The molecule has 1 amide bonds. The van der Waals surface area contributed by atoms with Crippen LogP contribution in [0.25, 0.3) is 0 Å². The standard InChI is InChI=1S/C24H22N4O3/c1-27-20(16-26-24(29)18-11-13-19(14-12-18)28(30)31)15-25-23(17-7-3-2-4-8-17)21-9-5-6-10-22(21)27/h2-14,20H,15-16H2,1H3,(H,26,29). The second kappa shape index (κ2) is 8.79. The molecule has 0 aliphatic carbocycles. The Balaban J connectivity index is 1.54. The van der Waals surface area contributed by atoms with Crippen LogP contribution in [-0.2, 0) is 0 Å². The van der Waals surface area contributed by atoms with Crippen molar-refractivity contribution in [2.45, 2.75) is 6.04 Å². The van der Waals surface area contributed by atoms with Crippen LogP contribution in [0.4, 0.5) is 11.4 Å². The molecule has 0 aromatic heterocycles. The number of nitro groups is 1. The molecule has 0 saturated heterocycles. The number of non-ortho nitro benzene ring substituents is 1. The van der Waals surface area contributed by atoms with Crippen molar-refractivity contribution in [2.75, 3.05) is 25.0 Å². The van der Waals surface area contributed by atoms with Crippen LogP contribution in [0.2, 0.25) is 0 Å². The number of amides is 1. The number of aliphatic imine (C=N–C) groups is 1. The van der Waals surface area contributed by atoms with Crippen LogP contribution >= 0.6 is 0 Å². The van der Waals surface area contributed by atoms with E-state index in [9.17, 15) is 14.9 Å². The molecule has 0 saturated carbocycles. The number of carbonyl (C=O) groups excluding carboxylic acids is 1. The van der Waals surface area contributed by atoms with Gasteiger partial charge in [-0.1, -0.05) is 48.5 Å². The molecule has 0 bridgehead atoms. The number of rotatable bonds is 5. The van der Waals surface area contributed by atoms with E-state index < -0.39 is 4.92 Å². The van der Waals surface area contributed by atoms with E-state index in [4.69, 9.17) is 4.99 Å². The third-order valence-electron chi connectivity index (χ3n) is 5.43. The van der Waals surface area contributed by atoms with Gasteiger partial charge in [-0.05, 0) is 18.2 Å². The summed E-state index contributed by atoms with van der Waals surface area (Å²) in [6.07, 6.45) is 0. The van der Waals surface area contributed by atoms with Gasteiger partial charge in [0.2, 0.25) is 0 Å². The summed E-state index contributed by atoms with van der Waals surface area (Å²) in [7, 11) is 2.00. The molecule has 156 valence electrons. The number of nitrogens with one attached hydrogen (secondary N) is 1. The molecule has 1 unspecified atom stereocenters. The maximum absolute atomic E-state index is 12.6. The Morgan fingerprint density at radius 1 is 1.06 bits per heavy atom. The third kappa shape index (κ3) is 4.30. The average Bonchev–Trinajstić information content (AvgIpc) is 2.95. The van der Waals surface area contributed by atoms with Crippen molar-refractivity contribution in [1.82, 2.24) is 5.32 Å². The minimum Gasteiger partial charge on any atom is -0.367 e. The number of likely N-dealkylation sites (N-methyl/N-ethyl adjacent to an activating group) is 1. The zero-order chi connectivity index (χ0) is 21.8. The zero-order valence-corrected chi connectivity index (χ0v) is 17.1. The predicted octanol–water partition coefficient (Wildman–Crippen LogP) is 3.68. The molecule has 7 nitrogen and oxygen atoms in total. The van der Waals surface area contributed by atoms with Gasteiger partial charge in [0.1, 0.15) is 0 Å². The quantitative estimate of drug-likeness (QED) is 0.510. The Morgan fingerprint density at radius 2 is 1.74 bits per heavy atom. The number of benzene rings is 3. The van der Waals surface area contributed by atoms with E-state index in [1.165, 1.54) is 24.3 Å². The zero-order valence-electron chi connectivity index (χ0n) is 17.1. The Labute approximate surface area is 180 Å². The Morgan fingerprint density at radius 3 is 2.45 bits per heavy atom. The maximum atomic E-state index is 12.6. The molecule has 1 atom stereocenters. The van der Waals surface area contributed by atoms with E-state index in [2.05, 4.69) is 22.3 Å². The lowest BCUT2D eigenvalue weighted by molar-refractivity contribution is -0.384. The number of carbonyl (C=O) groups is 1. The van der Waals surface area contributed by atoms with Crippen molar-refractivity contribution < 1.29 is 9.72 Å². The first-order valence-electron chi connectivity index (χ1n) is 9.99. The lowest BCUT2D eigenvalue weighted by Gasteiger charge is -2.28. The molecule has 1 aliphatic heterocycles. The number of fused-ring (bicyclic) bond motifs is 1. The molecule has 1 N–H and O–H groups in total. The molecule has 0 radical (unpaired) electrons. The first-order chi connectivity index (χ1) is 15.0. The van der Waals surface area contributed by atoms with Gasteiger partial charge >= 0.3 is 0 Å². The van der Waals surface area contributed by atoms with Crippen LogP contribution in [0.3, 0.4) is 0 Å². The summed E-state index contributed by atoms with van der Waals surface area (Å²) in [4.78, 5) is 29.9. The molecule has 3 aromatic carbocycles. The Hall–Kier alpha value is -4.00. The molecule has 31 heavy (non-hydrogen) atoms. The van der Waals surface area contributed by atoms with E-state index in [-0.39, 0.29) is 17.6 Å². The van der Waals surface area contributed by atoms with Gasteiger partial charge < -0.3 is 10.2 Å². The fourth-order valence-corrected chi connectivity index (χ4v) is 3.67. The predicted molar refractivity (Wildman–Crippen MR) is 121 cm³/mol. The number of hydrogen-bond acceptors (Lipinski definition) is 5. The van der Waals surface area contributed by atoms with Crippen molar-refractivity contribution in [1.29, 1.82) is 0 Å². The number of hydrogen-bond donors (Lipinski definition) is 1. The van der Waals surface area contributed by atoms with Gasteiger partial charge in [0.05, 0.1) is 23.2 Å². The topological polar surface area (TPSA) is 87.8 Å². The van der Waals surface area contributed by atoms with E-state index in [0.717, 1.165) is 22.5 Å². The summed E-state index contributed by atoms with van der Waals surface area (Å²) in [6.45, 7) is 0.919. The summed E-state index contributed by atoms with van der Waals surface area (Å²) in [6, 6.07) is 23.7. The van der Waals surface area contributed by atoms with Crippen LogP contribution in [-0.4, -0.2) is 42.7 Å². The molecule has 0 fully saturated rings. The molecular formula is C24H22N4O3. The van der Waals surface area contributed by atoms with Crippen LogP contribution < -0.4 is 10.2 Å². The first kappa shape index (κ1) is 20.3. The number of nitrogens with zero attached hydrogens (tertiary/aromatic N) is 3. The molecule has 4 rings (SSSR count). The van der Waals surface area contributed by atoms with Gasteiger partial charge in [0.15, 0.2) is 0 Å². The van der Waals surface area contributed by atoms with Crippen molar-refractivity contribution in [3.63, 3.8) is 0 Å². The average molecular weight is 414 g/mol. The van der Waals surface area contributed by atoms with Crippen LogP contribution in [0.1, 0.15) is 21.5 Å². The van der Waals surface area contributed by atoms with Gasteiger partial charge in [-0.15, -0.1) is 0 Å². The van der Waals surface area contributed by atoms with Crippen LogP contribution in [0.5, 0.6) is 0 Å². The Bertz CT molecular complexity index is 1130. The maximum Gasteiger partial charge on any atom is 0.269 e. The number of benzodiazepines with no additional fused rings is 1. The smallest absolute Gasteiger partial charge is 0.269 e. The molecule has 1 aliphatic rings. The molecular weight excluding hydrogens is 392 g/mol. The fraction of sp³-hybridized carbons (Fsp3) is 0.167. The molecule has 7 heteroatoms. The van der Waals surface area contributed by atoms with E-state index >= 15 is 0 Å². The van der Waals surface area contributed by atoms with Gasteiger partial charge in [0, 0.05) is 48.1 Å². The number of anilines is 1. The molecule has 3 aromatic rings. The van der Waals surface area contributed by atoms with E-state index in [0.29, 0.717) is 18.7 Å². The van der Waals surface area contributed by atoms with Gasteiger partial charge in [-0.3, -0.25) is 19.9 Å². The van der Waals surface area contributed by atoms with E-state index in [1.807, 2.05) is 49.5 Å². The van der Waals surface area contributed by atoms with Crippen LogP contribution in [0, 0.1) is 10.1 Å². The summed E-state index contributed by atoms with van der Waals surface area (Å²) in [5.74, 6) is -0.270. The SMILES string of the molecule is CN1c2ccccc2C(c2ccccc2)=NCC1CNC(=O)c1ccc([N+](=O)[O-])cc1. The summed E-state index contributed by atoms with van der Waals surface area (Å²) >= 11 is 0. The van der Waals surface area contributed by atoms with Crippen molar-refractivity contribution in [3.8, 4) is 0 Å². The normalized spacial score (nSPS) is 15.5. The highest BCUT2D eigenvalue weighted by atomic mass is 16.6. The number of nitro benzene ring substituents is 1. The first-order valence-corrected chi connectivity index (χ1v) is 9.99. The van der Waals surface area contributed by atoms with Crippen molar-refractivity contribution >= 4 is 23.0 Å². The fourth-order valence-electron chi connectivity index (χ4n) is 3.67. The number of para-hydroxylation sites is 1. The molecule has 1 heterocycles. The monoisotopic (exact) mass is 414 g/mol. The second-order valence-corrected chi connectivity index (χ2v) is 7.35. The summed E-state index contributed by atoms with van der Waals surface area (Å²) in [5, 5.41) is 13.7. The van der Waals surface area contributed by atoms with E-state index in [1.54, 1.807) is 0 Å². The summed E-state index contributed by atoms with van der Waals surface area (Å²) < 4.78 is 0. The Kier molecular flexibility index (Phi) is 5.75. The minimum atomic E-state index is -0.484. The highest BCUT2D eigenvalue weighted by molar-refractivity contribution is 6.16. The second-order valence-electron chi connectivity index (χ2n) is 7.35. The lowest BCUT2D eigenvalue weighted by atomic mass is 10.0. The highest BCUT2D eigenvalue weighted by Crippen LogP contribution is 2.27. The van der Waals surface area contributed by atoms with Gasteiger partial charge in [-0.2, -0.15) is 0 Å². The minimum absolute atomic E-state index is 0.0376. The van der Waals surface area contributed by atoms with Crippen molar-refractivity contribution in [3.05, 3.63) is 106 Å². The lowest BCUT2D eigenvalue weighted by Crippen LogP contribution is -2.43. The van der Waals surface area contributed by atoms with Crippen LogP contribution in [0.15, 0.2) is 83.9 Å². The summed E-state index contributed by atoms with van der Waals surface area (Å²) in [5.41, 5.74) is 4.44. The molecule has 0 spiro atoms. The van der Waals surface area contributed by atoms with Crippen molar-refractivity contribution in [2.24, 2.45) is 4.99 Å². The highest BCUT2D eigenvalue weighted by Gasteiger charge is 2.24.